The van der Waals surface area contributed by atoms with Crippen LogP contribution in [0.4, 0.5) is 0 Å². The topological polar surface area (TPSA) is 54.9 Å². The van der Waals surface area contributed by atoms with Crippen LogP contribution in [0.3, 0.4) is 0 Å². The summed E-state index contributed by atoms with van der Waals surface area (Å²) in [7, 11) is 0. The molecular weight excluding hydrogens is 326 g/mol. The Hall–Kier alpha value is -0.490. The fourth-order valence-corrected chi connectivity index (χ4v) is 3.58. The Morgan fingerprint density at radius 3 is 2.84 bits per heavy atom. The number of rotatable bonds is 5. The number of carbonyl (C=O) groups is 1. The third-order valence-corrected chi connectivity index (χ3v) is 5.26. The van der Waals surface area contributed by atoms with Crippen LogP contribution < -0.4 is 5.32 Å². The fourth-order valence-electron chi connectivity index (χ4n) is 2.42. The number of nitrogens with one attached hydrogen (secondary N) is 1. The Morgan fingerprint density at radius 2 is 2.16 bits per heavy atom. The molecule has 106 valence electrons. The first-order chi connectivity index (χ1) is 9.20. The van der Waals surface area contributed by atoms with Gasteiger partial charge in [0.15, 0.2) is 0 Å². The smallest absolute Gasteiger partial charge is 0.264 e. The molecule has 1 heterocycles. The van der Waals surface area contributed by atoms with E-state index in [0.717, 1.165) is 25.1 Å². The molecule has 1 aromatic heterocycles. The number of alkyl halides is 1. The van der Waals surface area contributed by atoms with E-state index in [1.165, 1.54) is 37.2 Å². The van der Waals surface area contributed by atoms with E-state index in [1.54, 1.807) is 0 Å². The SMILES string of the molecule is CCCc1nnsc1C(=O)NCC1CCC(Br)CC1. The van der Waals surface area contributed by atoms with E-state index in [9.17, 15) is 4.79 Å². The molecule has 4 nitrogen and oxygen atoms in total. The highest BCUT2D eigenvalue weighted by Gasteiger charge is 2.21. The molecule has 1 aliphatic carbocycles. The Labute approximate surface area is 126 Å². The molecule has 1 aliphatic rings. The molecule has 1 N–H and O–H groups in total. The summed E-state index contributed by atoms with van der Waals surface area (Å²) in [5, 5.41) is 7.08. The van der Waals surface area contributed by atoms with Crippen LogP contribution in [0.1, 0.15) is 54.4 Å². The third kappa shape index (κ3) is 4.24. The lowest BCUT2D eigenvalue weighted by Crippen LogP contribution is -2.31. The van der Waals surface area contributed by atoms with Gasteiger partial charge < -0.3 is 5.32 Å². The molecule has 0 aliphatic heterocycles. The van der Waals surface area contributed by atoms with Crippen LogP contribution in [0.5, 0.6) is 0 Å². The fraction of sp³-hybridized carbons (Fsp3) is 0.769. The van der Waals surface area contributed by atoms with Crippen molar-refractivity contribution in [3.63, 3.8) is 0 Å². The van der Waals surface area contributed by atoms with Crippen molar-refractivity contribution in [3.8, 4) is 0 Å². The maximum Gasteiger partial charge on any atom is 0.264 e. The third-order valence-electron chi connectivity index (χ3n) is 3.58. The minimum Gasteiger partial charge on any atom is -0.351 e. The summed E-state index contributed by atoms with van der Waals surface area (Å²) in [6.07, 6.45) is 6.63. The van der Waals surface area contributed by atoms with Gasteiger partial charge in [-0.15, -0.1) is 5.10 Å². The number of amides is 1. The van der Waals surface area contributed by atoms with Gasteiger partial charge >= 0.3 is 0 Å². The minimum absolute atomic E-state index is 0.000541. The highest BCUT2D eigenvalue weighted by Crippen LogP contribution is 2.28. The van der Waals surface area contributed by atoms with Crippen molar-refractivity contribution < 1.29 is 4.79 Å². The number of carbonyl (C=O) groups excluding carboxylic acids is 1. The number of hydrogen-bond acceptors (Lipinski definition) is 4. The lowest BCUT2D eigenvalue weighted by atomic mass is 9.89. The van der Waals surface area contributed by atoms with Crippen LogP contribution in [-0.4, -0.2) is 26.9 Å². The number of aryl methyl sites for hydroxylation is 1. The molecule has 19 heavy (non-hydrogen) atoms. The average molecular weight is 346 g/mol. The van der Waals surface area contributed by atoms with E-state index < -0.39 is 0 Å². The number of nitrogens with zero attached hydrogens (tertiary/aromatic N) is 2. The molecule has 1 amide bonds. The number of halogens is 1. The maximum absolute atomic E-state index is 12.1. The van der Waals surface area contributed by atoms with Gasteiger partial charge in [0.2, 0.25) is 0 Å². The zero-order valence-corrected chi connectivity index (χ0v) is 13.6. The van der Waals surface area contributed by atoms with Crippen molar-refractivity contribution in [2.45, 2.75) is 50.3 Å². The van der Waals surface area contributed by atoms with E-state index in [2.05, 4.69) is 37.8 Å². The second kappa shape index (κ2) is 7.33. The lowest BCUT2D eigenvalue weighted by Gasteiger charge is -2.25. The summed E-state index contributed by atoms with van der Waals surface area (Å²) < 4.78 is 3.89. The Balaban J connectivity index is 1.82. The van der Waals surface area contributed by atoms with Crippen molar-refractivity contribution in [1.82, 2.24) is 14.9 Å². The first kappa shape index (κ1) is 14.9. The van der Waals surface area contributed by atoms with E-state index in [1.807, 2.05) is 0 Å². The van der Waals surface area contributed by atoms with Crippen LogP contribution >= 0.6 is 27.5 Å². The largest absolute Gasteiger partial charge is 0.351 e. The molecule has 1 saturated carbocycles. The summed E-state index contributed by atoms with van der Waals surface area (Å²) in [6.45, 7) is 2.86. The molecule has 2 rings (SSSR count). The van der Waals surface area contributed by atoms with Gasteiger partial charge in [-0.1, -0.05) is 33.8 Å². The van der Waals surface area contributed by atoms with Crippen LogP contribution in [0.25, 0.3) is 0 Å². The predicted molar refractivity (Wildman–Crippen MR) is 80.9 cm³/mol. The van der Waals surface area contributed by atoms with Crippen molar-refractivity contribution in [2.24, 2.45) is 5.92 Å². The number of aromatic nitrogens is 2. The van der Waals surface area contributed by atoms with Crippen LogP contribution in [0.15, 0.2) is 0 Å². The molecule has 0 saturated heterocycles. The normalized spacial score (nSPS) is 23.3. The molecule has 0 aromatic carbocycles. The first-order valence-corrected chi connectivity index (χ1v) is 8.63. The number of hydrogen-bond donors (Lipinski definition) is 1. The molecule has 6 heteroatoms. The van der Waals surface area contributed by atoms with E-state index in [-0.39, 0.29) is 5.91 Å². The van der Waals surface area contributed by atoms with Gasteiger partial charge in [-0.2, -0.15) is 0 Å². The van der Waals surface area contributed by atoms with Gasteiger partial charge in [0.1, 0.15) is 4.88 Å². The molecular formula is C13H20BrN3OS. The van der Waals surface area contributed by atoms with Crippen LogP contribution in [0, 0.1) is 5.92 Å². The quantitative estimate of drug-likeness (QED) is 0.833. The zero-order valence-electron chi connectivity index (χ0n) is 11.2. The van der Waals surface area contributed by atoms with Crippen molar-refractivity contribution in [1.29, 1.82) is 0 Å². The summed E-state index contributed by atoms with van der Waals surface area (Å²) in [5.41, 5.74) is 0.842. The second-order valence-corrected chi connectivity index (χ2v) is 7.18. The highest BCUT2D eigenvalue weighted by molar-refractivity contribution is 9.09. The Bertz CT molecular complexity index is 416. The lowest BCUT2D eigenvalue weighted by molar-refractivity contribution is 0.0947. The van der Waals surface area contributed by atoms with Crippen molar-refractivity contribution >= 4 is 33.4 Å². The maximum atomic E-state index is 12.1. The molecule has 0 radical (unpaired) electrons. The summed E-state index contributed by atoms with van der Waals surface area (Å²) in [5.74, 6) is 0.618. The van der Waals surface area contributed by atoms with Gasteiger partial charge in [0, 0.05) is 11.4 Å². The van der Waals surface area contributed by atoms with Gasteiger partial charge in [-0.25, -0.2) is 0 Å². The van der Waals surface area contributed by atoms with E-state index in [0.29, 0.717) is 15.6 Å². The van der Waals surface area contributed by atoms with Gasteiger partial charge in [0.05, 0.1) is 5.69 Å². The van der Waals surface area contributed by atoms with E-state index >= 15 is 0 Å². The van der Waals surface area contributed by atoms with Gasteiger partial charge in [-0.3, -0.25) is 4.79 Å². The summed E-state index contributed by atoms with van der Waals surface area (Å²) in [6, 6.07) is 0. The highest BCUT2D eigenvalue weighted by atomic mass is 79.9. The monoisotopic (exact) mass is 345 g/mol. The summed E-state index contributed by atoms with van der Waals surface area (Å²) in [4.78, 5) is 13.5. The average Bonchev–Trinajstić information content (AvgIpc) is 2.86. The minimum atomic E-state index is -0.000541. The van der Waals surface area contributed by atoms with E-state index in [4.69, 9.17) is 0 Å². The Kier molecular flexibility index (Phi) is 5.76. The predicted octanol–water partition coefficient (Wildman–Crippen LogP) is 3.17. The Morgan fingerprint density at radius 1 is 1.42 bits per heavy atom. The molecule has 1 fully saturated rings. The van der Waals surface area contributed by atoms with Crippen molar-refractivity contribution in [3.05, 3.63) is 10.6 Å². The molecule has 1 aromatic rings. The summed E-state index contributed by atoms with van der Waals surface area (Å²) >= 11 is 4.86. The molecule has 0 bridgehead atoms. The standard InChI is InChI=1S/C13H20BrN3OS/c1-2-3-11-12(19-17-16-11)13(18)15-8-9-4-6-10(14)7-5-9/h9-10H,2-8H2,1H3,(H,15,18). The van der Waals surface area contributed by atoms with Crippen LogP contribution in [-0.2, 0) is 6.42 Å². The molecule has 0 atom stereocenters. The van der Waals surface area contributed by atoms with Gasteiger partial charge in [0.25, 0.3) is 5.91 Å². The van der Waals surface area contributed by atoms with Gasteiger partial charge in [-0.05, 0) is 49.6 Å². The first-order valence-electron chi connectivity index (χ1n) is 6.94. The van der Waals surface area contributed by atoms with Crippen molar-refractivity contribution in [2.75, 3.05) is 6.54 Å². The molecule has 0 unspecified atom stereocenters. The molecule has 0 spiro atoms. The second-order valence-electron chi connectivity index (χ2n) is 5.13. The zero-order chi connectivity index (χ0) is 13.7. The van der Waals surface area contributed by atoms with Crippen LogP contribution in [0.2, 0.25) is 0 Å².